The third-order valence-electron chi connectivity index (χ3n) is 6.20. The smallest absolute Gasteiger partial charge is 0.337 e. The summed E-state index contributed by atoms with van der Waals surface area (Å²) in [5.74, 6) is -0.922. The summed E-state index contributed by atoms with van der Waals surface area (Å²) in [6.45, 7) is 7.92. The van der Waals surface area contributed by atoms with Gasteiger partial charge in [0.2, 0.25) is 10.0 Å². The molecule has 0 unspecified atom stereocenters. The molecule has 0 spiro atoms. The maximum atomic E-state index is 13.1. The van der Waals surface area contributed by atoms with Crippen LogP contribution in [0.2, 0.25) is 0 Å². The maximum absolute atomic E-state index is 13.1. The van der Waals surface area contributed by atoms with Crippen LogP contribution in [0.5, 0.6) is 0 Å². The average molecular weight is 430 g/mol. The lowest BCUT2D eigenvalue weighted by Gasteiger charge is -2.38. The normalized spacial score (nSPS) is 20.8. The number of fused-ring (bicyclic) bond motifs is 1. The van der Waals surface area contributed by atoms with Crippen molar-refractivity contribution >= 4 is 21.7 Å². The van der Waals surface area contributed by atoms with Crippen molar-refractivity contribution in [3.8, 4) is 0 Å². The lowest BCUT2D eigenvalue weighted by atomic mass is 9.94. The predicted molar refractivity (Wildman–Crippen MR) is 115 cm³/mol. The molecule has 30 heavy (non-hydrogen) atoms. The molecule has 0 aromatic heterocycles. The zero-order chi connectivity index (χ0) is 21.5. The van der Waals surface area contributed by atoms with E-state index in [1.807, 2.05) is 38.1 Å². The van der Waals surface area contributed by atoms with E-state index >= 15 is 0 Å². The Morgan fingerprint density at radius 2 is 1.60 bits per heavy atom. The number of aromatic carboxylic acids is 1. The standard InChI is InChI=1S/C22H27N3O4S/c1-22(2)18-8-4-6-10-20(18)30(28,29)25(22)16-13-23-11-14-24(15-12-23)19-9-5-3-7-17(19)21(26)27/h3-10H,11-16H2,1-2H3,(H,26,27). The zero-order valence-electron chi connectivity index (χ0n) is 17.3. The predicted octanol–water partition coefficient (Wildman–Crippen LogP) is 2.45. The molecule has 4 rings (SSSR count). The molecular weight excluding hydrogens is 402 g/mol. The van der Waals surface area contributed by atoms with E-state index in [-0.39, 0.29) is 0 Å². The first-order valence-electron chi connectivity index (χ1n) is 10.1. The second-order valence-corrected chi connectivity index (χ2v) is 10.1. The van der Waals surface area contributed by atoms with E-state index < -0.39 is 21.5 Å². The van der Waals surface area contributed by atoms with Crippen molar-refractivity contribution in [2.75, 3.05) is 44.2 Å². The molecule has 2 aromatic carbocycles. The zero-order valence-corrected chi connectivity index (χ0v) is 18.1. The van der Waals surface area contributed by atoms with Crippen molar-refractivity contribution in [1.82, 2.24) is 9.21 Å². The molecule has 160 valence electrons. The van der Waals surface area contributed by atoms with E-state index in [2.05, 4.69) is 9.80 Å². The van der Waals surface area contributed by atoms with E-state index in [0.717, 1.165) is 24.3 Å². The first-order chi connectivity index (χ1) is 14.2. The molecule has 0 atom stereocenters. The lowest BCUT2D eigenvalue weighted by Crippen LogP contribution is -2.50. The fourth-order valence-corrected chi connectivity index (χ4v) is 6.63. The van der Waals surface area contributed by atoms with Gasteiger partial charge in [-0.1, -0.05) is 30.3 Å². The van der Waals surface area contributed by atoms with Gasteiger partial charge in [0.05, 0.1) is 21.7 Å². The number of carboxylic acid groups (broad SMARTS) is 1. The lowest BCUT2D eigenvalue weighted by molar-refractivity contribution is 0.0697. The molecule has 7 nitrogen and oxygen atoms in total. The van der Waals surface area contributed by atoms with Crippen molar-refractivity contribution in [3.63, 3.8) is 0 Å². The summed E-state index contributed by atoms with van der Waals surface area (Å²) in [6.07, 6.45) is 0. The number of carbonyl (C=O) groups is 1. The average Bonchev–Trinajstić information content (AvgIpc) is 2.89. The number of carboxylic acids is 1. The molecule has 0 saturated carbocycles. The molecule has 0 radical (unpaired) electrons. The number of sulfonamides is 1. The minimum Gasteiger partial charge on any atom is -0.478 e. The maximum Gasteiger partial charge on any atom is 0.337 e. The van der Waals surface area contributed by atoms with Crippen LogP contribution in [-0.4, -0.2) is 68.0 Å². The Labute approximate surface area is 177 Å². The van der Waals surface area contributed by atoms with Crippen molar-refractivity contribution in [1.29, 1.82) is 0 Å². The van der Waals surface area contributed by atoms with Gasteiger partial charge in [0, 0.05) is 39.3 Å². The van der Waals surface area contributed by atoms with Crippen LogP contribution in [0.4, 0.5) is 5.69 Å². The van der Waals surface area contributed by atoms with Gasteiger partial charge in [-0.05, 0) is 37.6 Å². The van der Waals surface area contributed by atoms with Gasteiger partial charge in [0.25, 0.3) is 0 Å². The summed E-state index contributed by atoms with van der Waals surface area (Å²) < 4.78 is 27.7. The monoisotopic (exact) mass is 429 g/mol. The Morgan fingerprint density at radius 3 is 2.27 bits per heavy atom. The SMILES string of the molecule is CC1(C)c2ccccc2S(=O)(=O)N1CCN1CCN(c2ccccc2C(=O)O)CC1. The van der Waals surface area contributed by atoms with E-state index in [9.17, 15) is 18.3 Å². The van der Waals surface area contributed by atoms with Crippen LogP contribution in [0.3, 0.4) is 0 Å². The van der Waals surface area contributed by atoms with Gasteiger partial charge in [-0.15, -0.1) is 0 Å². The molecule has 0 amide bonds. The number of piperazine rings is 1. The Bertz CT molecular complexity index is 1060. The second kappa shape index (κ2) is 7.68. The van der Waals surface area contributed by atoms with E-state index in [1.54, 1.807) is 28.6 Å². The molecule has 2 aliphatic rings. The van der Waals surface area contributed by atoms with E-state index in [1.165, 1.54) is 0 Å². The van der Waals surface area contributed by atoms with Crippen LogP contribution in [0, 0.1) is 0 Å². The third kappa shape index (κ3) is 3.49. The topological polar surface area (TPSA) is 81.2 Å². The number of rotatable bonds is 5. The summed E-state index contributed by atoms with van der Waals surface area (Å²) in [6, 6.07) is 14.3. The van der Waals surface area contributed by atoms with Crippen LogP contribution in [0.15, 0.2) is 53.4 Å². The van der Waals surface area contributed by atoms with Crippen LogP contribution in [0.1, 0.15) is 29.8 Å². The quantitative estimate of drug-likeness (QED) is 0.786. The molecule has 2 heterocycles. The number of anilines is 1. The van der Waals surface area contributed by atoms with E-state index in [0.29, 0.717) is 36.6 Å². The molecule has 2 aliphatic heterocycles. The van der Waals surface area contributed by atoms with Crippen molar-refractivity contribution < 1.29 is 18.3 Å². The molecule has 0 bridgehead atoms. The highest BCUT2D eigenvalue weighted by atomic mass is 32.2. The first-order valence-corrected chi connectivity index (χ1v) is 11.6. The highest BCUT2D eigenvalue weighted by Crippen LogP contribution is 2.43. The van der Waals surface area contributed by atoms with Gasteiger partial charge in [0.15, 0.2) is 0 Å². The van der Waals surface area contributed by atoms with Gasteiger partial charge >= 0.3 is 5.97 Å². The Morgan fingerprint density at radius 1 is 0.967 bits per heavy atom. The van der Waals surface area contributed by atoms with Gasteiger partial charge in [-0.3, -0.25) is 4.90 Å². The van der Waals surface area contributed by atoms with E-state index in [4.69, 9.17) is 0 Å². The van der Waals surface area contributed by atoms with Gasteiger partial charge in [-0.2, -0.15) is 4.31 Å². The number of nitrogens with zero attached hydrogens (tertiary/aromatic N) is 3. The number of para-hydroxylation sites is 1. The Hall–Kier alpha value is -2.42. The highest BCUT2D eigenvalue weighted by Gasteiger charge is 2.47. The molecule has 1 fully saturated rings. The number of hydrogen-bond donors (Lipinski definition) is 1. The number of benzene rings is 2. The largest absolute Gasteiger partial charge is 0.478 e. The molecular formula is C22H27N3O4S. The fourth-order valence-electron chi connectivity index (χ4n) is 4.53. The molecule has 1 N–H and O–H groups in total. The van der Waals surface area contributed by atoms with Crippen LogP contribution < -0.4 is 4.90 Å². The second-order valence-electron chi connectivity index (χ2n) is 8.28. The molecule has 2 aromatic rings. The summed E-state index contributed by atoms with van der Waals surface area (Å²) in [5, 5.41) is 9.43. The summed E-state index contributed by atoms with van der Waals surface area (Å²) >= 11 is 0. The van der Waals surface area contributed by atoms with Crippen molar-refractivity contribution in [3.05, 3.63) is 59.7 Å². The molecule has 8 heteroatoms. The van der Waals surface area contributed by atoms with Gasteiger partial charge in [-0.25, -0.2) is 13.2 Å². The Kier molecular flexibility index (Phi) is 5.34. The highest BCUT2D eigenvalue weighted by molar-refractivity contribution is 7.89. The summed E-state index contributed by atoms with van der Waals surface area (Å²) in [4.78, 5) is 16.2. The van der Waals surface area contributed by atoms with Gasteiger partial charge in [0.1, 0.15) is 0 Å². The summed E-state index contributed by atoms with van der Waals surface area (Å²) in [7, 11) is -3.49. The van der Waals surface area contributed by atoms with Gasteiger partial charge < -0.3 is 10.0 Å². The van der Waals surface area contributed by atoms with Crippen LogP contribution in [-0.2, 0) is 15.6 Å². The van der Waals surface area contributed by atoms with Crippen LogP contribution in [0.25, 0.3) is 0 Å². The van der Waals surface area contributed by atoms with Crippen molar-refractivity contribution in [2.24, 2.45) is 0 Å². The minimum atomic E-state index is -3.49. The first kappa shape index (κ1) is 20.8. The van der Waals surface area contributed by atoms with Crippen molar-refractivity contribution in [2.45, 2.75) is 24.3 Å². The minimum absolute atomic E-state index is 0.314. The Balaban J connectivity index is 1.41. The summed E-state index contributed by atoms with van der Waals surface area (Å²) in [5.41, 5.74) is 1.33. The fraction of sp³-hybridized carbons (Fsp3) is 0.409. The molecule has 1 saturated heterocycles. The molecule has 0 aliphatic carbocycles. The number of hydrogen-bond acceptors (Lipinski definition) is 5. The third-order valence-corrected chi connectivity index (χ3v) is 8.34. The van der Waals surface area contributed by atoms with Crippen LogP contribution >= 0.6 is 0 Å².